The third-order valence-electron chi connectivity index (χ3n) is 5.63. The Kier molecular flexibility index (Phi) is 6.49. The van der Waals surface area contributed by atoms with Gasteiger partial charge in [0.1, 0.15) is 5.70 Å². The van der Waals surface area contributed by atoms with E-state index in [0.717, 1.165) is 4.31 Å². The van der Waals surface area contributed by atoms with Gasteiger partial charge in [0, 0.05) is 49.0 Å². The molecule has 3 aliphatic rings. The number of hydrogen-bond donors (Lipinski definition) is 4. The van der Waals surface area contributed by atoms with E-state index in [1.165, 1.54) is 37.0 Å². The van der Waals surface area contributed by atoms with Gasteiger partial charge in [-0.25, -0.2) is 4.79 Å². The topological polar surface area (TPSA) is 152 Å². The van der Waals surface area contributed by atoms with Crippen LogP contribution in [0.25, 0.3) is 0 Å². The van der Waals surface area contributed by atoms with E-state index in [9.17, 15) is 28.2 Å². The summed E-state index contributed by atoms with van der Waals surface area (Å²) in [5, 5.41) is 26.7. The summed E-state index contributed by atoms with van der Waals surface area (Å²) in [5.41, 5.74) is 0.00950. The standard InChI is InChI=1S/C17H27N5O6S2/c1-8-13-12(9(2)23)16(24)22(13)14(17(25)26)15(8)29-11-5-10(18-7-11)6-19-20-30(27,28)21(3)4/h6,8-13,18,20,23H,5,7H2,1-4H3,(H,25,26)/t8-,9?,10+,11+,12-,13-/m1/s1. The molecule has 6 atom stereocenters. The first-order chi connectivity index (χ1) is 14.0. The molecule has 30 heavy (non-hydrogen) atoms. The Hall–Kier alpha value is -1.67. The van der Waals surface area contributed by atoms with E-state index < -0.39 is 28.2 Å². The number of hydrazone groups is 1. The first kappa shape index (κ1) is 23.0. The number of carboxylic acids is 1. The SMILES string of the molecule is CC(O)[C@H]1C(=O)N2C(C(=O)O)=C(S[C@@H]3CN[C@H](C=NNS(=O)(=O)N(C)C)C3)[C@H](C)[C@H]12. The van der Waals surface area contributed by atoms with Crippen LogP contribution < -0.4 is 10.1 Å². The number of aliphatic carboxylic acids is 1. The molecule has 0 aromatic heterocycles. The van der Waals surface area contributed by atoms with Crippen LogP contribution in [0.5, 0.6) is 0 Å². The second-order valence-corrected chi connectivity index (χ2v) is 11.1. The third-order valence-corrected chi connectivity index (χ3v) is 8.44. The van der Waals surface area contributed by atoms with Crippen molar-refractivity contribution in [2.75, 3.05) is 20.6 Å². The molecular formula is C17H27N5O6S2. The Morgan fingerprint density at radius 1 is 1.47 bits per heavy atom. The third kappa shape index (κ3) is 4.08. The van der Waals surface area contributed by atoms with E-state index in [-0.39, 0.29) is 34.9 Å². The molecule has 1 amide bonds. The summed E-state index contributed by atoms with van der Waals surface area (Å²) in [4.78, 5) is 28.3. The summed E-state index contributed by atoms with van der Waals surface area (Å²) in [5.74, 6) is -2.26. The number of fused-ring (bicyclic) bond motifs is 1. The molecule has 0 aromatic carbocycles. The minimum Gasteiger partial charge on any atom is -0.477 e. The quantitative estimate of drug-likeness (QED) is 0.204. The number of carbonyl (C=O) groups excluding carboxylic acids is 1. The average Bonchev–Trinajstić information content (AvgIpc) is 3.16. The number of carbonyl (C=O) groups is 2. The molecule has 2 saturated heterocycles. The normalized spacial score (nSPS) is 32.7. The zero-order valence-corrected chi connectivity index (χ0v) is 18.8. The van der Waals surface area contributed by atoms with E-state index in [1.807, 2.05) is 6.92 Å². The number of β-lactam (4-membered cyclic amide) rings is 1. The highest BCUT2D eigenvalue weighted by Gasteiger charge is 2.60. The van der Waals surface area contributed by atoms with E-state index >= 15 is 0 Å². The van der Waals surface area contributed by atoms with Gasteiger partial charge in [-0.1, -0.05) is 6.92 Å². The smallest absolute Gasteiger partial charge is 0.353 e. The van der Waals surface area contributed by atoms with Gasteiger partial charge in [-0.3, -0.25) is 4.79 Å². The van der Waals surface area contributed by atoms with Crippen molar-refractivity contribution in [1.82, 2.24) is 19.4 Å². The number of thioether (sulfide) groups is 1. The number of carboxylic acid groups (broad SMARTS) is 1. The van der Waals surface area contributed by atoms with Crippen molar-refractivity contribution in [2.45, 2.75) is 43.7 Å². The molecule has 3 heterocycles. The van der Waals surface area contributed by atoms with E-state index in [1.54, 1.807) is 6.92 Å². The minimum absolute atomic E-state index is 0.00950. The molecule has 1 unspecified atom stereocenters. The Balaban J connectivity index is 1.67. The fraction of sp³-hybridized carbons (Fsp3) is 0.706. The molecule has 2 fully saturated rings. The van der Waals surface area contributed by atoms with Crippen molar-refractivity contribution in [3.8, 4) is 0 Å². The van der Waals surface area contributed by atoms with Crippen LogP contribution in [0.1, 0.15) is 20.3 Å². The lowest BCUT2D eigenvalue weighted by Gasteiger charge is -2.46. The van der Waals surface area contributed by atoms with Crippen LogP contribution in [0.4, 0.5) is 0 Å². The minimum atomic E-state index is -3.65. The summed E-state index contributed by atoms with van der Waals surface area (Å²) in [6.07, 6.45) is 1.27. The second-order valence-electron chi connectivity index (χ2n) is 7.92. The highest BCUT2D eigenvalue weighted by Crippen LogP contribution is 2.51. The first-order valence-electron chi connectivity index (χ1n) is 9.56. The lowest BCUT2D eigenvalue weighted by atomic mass is 9.79. The monoisotopic (exact) mass is 461 g/mol. The van der Waals surface area contributed by atoms with Crippen LogP contribution in [-0.4, -0.2) is 90.0 Å². The van der Waals surface area contributed by atoms with Gasteiger partial charge in [-0.15, -0.1) is 11.8 Å². The van der Waals surface area contributed by atoms with Gasteiger partial charge in [0.15, 0.2) is 0 Å². The lowest BCUT2D eigenvalue weighted by molar-refractivity contribution is -0.163. The van der Waals surface area contributed by atoms with Crippen LogP contribution >= 0.6 is 11.8 Å². The van der Waals surface area contributed by atoms with Gasteiger partial charge in [0.25, 0.3) is 0 Å². The molecule has 3 aliphatic heterocycles. The van der Waals surface area contributed by atoms with Crippen molar-refractivity contribution in [1.29, 1.82) is 0 Å². The zero-order valence-electron chi connectivity index (χ0n) is 17.1. The molecule has 4 N–H and O–H groups in total. The van der Waals surface area contributed by atoms with Crippen molar-refractivity contribution < 1.29 is 28.2 Å². The van der Waals surface area contributed by atoms with Crippen LogP contribution in [0, 0.1) is 11.8 Å². The average molecular weight is 462 g/mol. The predicted octanol–water partition coefficient (Wildman–Crippen LogP) is -1.01. The number of amides is 1. The number of aliphatic hydroxyl groups excluding tert-OH is 1. The van der Waals surface area contributed by atoms with Gasteiger partial charge in [0.2, 0.25) is 5.91 Å². The van der Waals surface area contributed by atoms with E-state index in [2.05, 4.69) is 15.2 Å². The maximum atomic E-state index is 12.4. The van der Waals surface area contributed by atoms with Gasteiger partial charge >= 0.3 is 16.2 Å². The van der Waals surface area contributed by atoms with E-state index in [0.29, 0.717) is 17.9 Å². The number of hydrogen-bond acceptors (Lipinski definition) is 8. The van der Waals surface area contributed by atoms with Gasteiger partial charge in [-0.05, 0) is 13.3 Å². The highest BCUT2D eigenvalue weighted by atomic mass is 32.2. The molecule has 3 rings (SSSR count). The summed E-state index contributed by atoms with van der Waals surface area (Å²) >= 11 is 1.42. The summed E-state index contributed by atoms with van der Waals surface area (Å²) in [7, 11) is -0.860. The molecule has 0 aromatic rings. The molecule has 11 nitrogen and oxygen atoms in total. The summed E-state index contributed by atoms with van der Waals surface area (Å²) in [6.45, 7) is 4.02. The van der Waals surface area contributed by atoms with Gasteiger partial charge in [0.05, 0.1) is 18.1 Å². The Morgan fingerprint density at radius 2 is 2.13 bits per heavy atom. The van der Waals surface area contributed by atoms with Gasteiger partial charge < -0.3 is 20.4 Å². The van der Waals surface area contributed by atoms with Crippen LogP contribution in [0.2, 0.25) is 0 Å². The summed E-state index contributed by atoms with van der Waals surface area (Å²) in [6, 6.07) is -0.500. The summed E-state index contributed by atoms with van der Waals surface area (Å²) < 4.78 is 24.3. The maximum absolute atomic E-state index is 12.4. The predicted molar refractivity (Wildman–Crippen MR) is 112 cm³/mol. The Bertz CT molecular complexity index is 887. The fourth-order valence-corrected chi connectivity index (χ4v) is 5.91. The van der Waals surface area contributed by atoms with Crippen LogP contribution in [0.15, 0.2) is 15.7 Å². The van der Waals surface area contributed by atoms with E-state index in [4.69, 9.17) is 0 Å². The molecule has 0 aliphatic carbocycles. The van der Waals surface area contributed by atoms with Crippen molar-refractivity contribution >= 4 is 40.1 Å². The largest absolute Gasteiger partial charge is 0.477 e. The Labute approximate surface area is 179 Å². The van der Waals surface area contributed by atoms with Crippen molar-refractivity contribution in [2.24, 2.45) is 16.9 Å². The zero-order chi connectivity index (χ0) is 22.4. The molecule has 0 radical (unpaired) electrons. The Morgan fingerprint density at radius 3 is 2.70 bits per heavy atom. The van der Waals surface area contributed by atoms with Crippen molar-refractivity contribution in [3.05, 3.63) is 10.6 Å². The first-order valence-corrected chi connectivity index (χ1v) is 11.9. The van der Waals surface area contributed by atoms with Crippen LogP contribution in [-0.2, 0) is 19.8 Å². The number of rotatable bonds is 8. The molecule has 0 bridgehead atoms. The van der Waals surface area contributed by atoms with Crippen LogP contribution in [0.3, 0.4) is 0 Å². The molecule has 13 heteroatoms. The number of aliphatic hydroxyl groups is 1. The molecule has 0 spiro atoms. The second kappa shape index (κ2) is 8.46. The fourth-order valence-electron chi connectivity index (χ4n) is 4.06. The highest BCUT2D eigenvalue weighted by molar-refractivity contribution is 8.03. The molecule has 168 valence electrons. The maximum Gasteiger partial charge on any atom is 0.353 e. The number of nitrogens with zero attached hydrogens (tertiary/aromatic N) is 3. The number of nitrogens with one attached hydrogen (secondary N) is 2. The molecular weight excluding hydrogens is 434 g/mol. The molecule has 0 saturated carbocycles. The van der Waals surface area contributed by atoms with Gasteiger partial charge in [-0.2, -0.15) is 22.7 Å². The lowest BCUT2D eigenvalue weighted by Crippen LogP contribution is -2.63. The van der Waals surface area contributed by atoms with Crippen molar-refractivity contribution in [3.63, 3.8) is 0 Å².